The molecule has 0 radical (unpaired) electrons. The fourth-order valence-corrected chi connectivity index (χ4v) is 5.31. The number of hydrogen-bond donors (Lipinski definition) is 3. The van der Waals surface area contributed by atoms with E-state index in [1.54, 1.807) is 25.6 Å². The smallest absolute Gasteiger partial charge is 0.324 e. The van der Waals surface area contributed by atoms with Crippen LogP contribution in [0.3, 0.4) is 0 Å². The van der Waals surface area contributed by atoms with Crippen LogP contribution in [0.2, 0.25) is 0 Å². The van der Waals surface area contributed by atoms with Gasteiger partial charge in [0.15, 0.2) is 11.4 Å². The van der Waals surface area contributed by atoms with Crippen LogP contribution >= 0.6 is 0 Å². The Labute approximate surface area is 188 Å². The number of rotatable bonds is 4. The molecule has 1 aliphatic heterocycles. The quantitative estimate of drug-likeness (QED) is 0.387. The highest BCUT2D eigenvalue weighted by molar-refractivity contribution is 5.88. The van der Waals surface area contributed by atoms with Crippen molar-refractivity contribution < 1.29 is 9.13 Å². The average molecular weight is 444 g/mol. The van der Waals surface area contributed by atoms with Crippen molar-refractivity contribution in [1.82, 2.24) is 24.9 Å². The number of piperidine rings is 1. The van der Waals surface area contributed by atoms with Gasteiger partial charge in [0.1, 0.15) is 11.6 Å². The standard InChI is InChI=1S/C23H21FN8O/c1-26-16-3-10(24)2-13-12(16)5-17-19(13)22(32-7-14-15(8-32)20(14)25)31-23(30-17)33-11-4-18-21(27-6-11)29-9-28-18/h2-4,6,9,14-15,20,26H,5,7-8,25H2,1H3,(H,27,28,29). The van der Waals surface area contributed by atoms with Crippen molar-refractivity contribution >= 4 is 22.7 Å². The number of hydrogen-bond acceptors (Lipinski definition) is 8. The number of imidazole rings is 1. The van der Waals surface area contributed by atoms with Gasteiger partial charge in [-0.15, -0.1) is 0 Å². The first-order valence-corrected chi connectivity index (χ1v) is 11.0. The molecule has 3 aromatic heterocycles. The summed E-state index contributed by atoms with van der Waals surface area (Å²) in [4.78, 5) is 23.2. The van der Waals surface area contributed by atoms with E-state index in [2.05, 4.69) is 25.2 Å². The molecular formula is C23H21FN8O. The molecular weight excluding hydrogens is 423 g/mol. The van der Waals surface area contributed by atoms with Crippen LogP contribution < -0.4 is 20.7 Å². The Hall–Kier alpha value is -3.79. The highest BCUT2D eigenvalue weighted by atomic mass is 19.1. The molecule has 1 saturated heterocycles. The molecule has 1 saturated carbocycles. The molecule has 0 amide bonds. The van der Waals surface area contributed by atoms with E-state index < -0.39 is 0 Å². The summed E-state index contributed by atoms with van der Waals surface area (Å²) in [6.07, 6.45) is 3.77. The monoisotopic (exact) mass is 444 g/mol. The molecule has 0 bridgehead atoms. The molecule has 2 atom stereocenters. The fraction of sp³-hybridized carbons (Fsp3) is 0.304. The maximum absolute atomic E-state index is 14.4. The van der Waals surface area contributed by atoms with Crippen LogP contribution in [0, 0.1) is 17.7 Å². The Kier molecular flexibility index (Phi) is 3.76. The molecule has 166 valence electrons. The normalized spacial score (nSPS) is 22.3. The van der Waals surface area contributed by atoms with Gasteiger partial charge < -0.3 is 25.7 Å². The van der Waals surface area contributed by atoms with Crippen LogP contribution in [0.25, 0.3) is 22.3 Å². The summed E-state index contributed by atoms with van der Waals surface area (Å²) in [7, 11) is 1.80. The second kappa shape index (κ2) is 6.61. The molecule has 3 aliphatic rings. The van der Waals surface area contributed by atoms with Gasteiger partial charge >= 0.3 is 6.01 Å². The molecule has 4 N–H and O–H groups in total. The maximum atomic E-state index is 14.4. The van der Waals surface area contributed by atoms with E-state index in [0.717, 1.165) is 52.5 Å². The second-order valence-corrected chi connectivity index (χ2v) is 8.91. The van der Waals surface area contributed by atoms with Crippen LogP contribution in [-0.2, 0) is 6.42 Å². The Balaban J connectivity index is 1.34. The first-order valence-electron chi connectivity index (χ1n) is 11.0. The van der Waals surface area contributed by atoms with Crippen LogP contribution in [0.1, 0.15) is 11.3 Å². The Bertz CT molecular complexity index is 1420. The van der Waals surface area contributed by atoms with E-state index in [-0.39, 0.29) is 17.9 Å². The summed E-state index contributed by atoms with van der Waals surface area (Å²) in [6.45, 7) is 1.67. The fourth-order valence-electron chi connectivity index (χ4n) is 5.31. The van der Waals surface area contributed by atoms with Crippen LogP contribution in [0.5, 0.6) is 11.8 Å². The van der Waals surface area contributed by atoms with Gasteiger partial charge in [0.05, 0.1) is 23.7 Å². The number of aromatic nitrogens is 5. The van der Waals surface area contributed by atoms with E-state index in [1.165, 1.54) is 6.07 Å². The van der Waals surface area contributed by atoms with Gasteiger partial charge in [-0.1, -0.05) is 0 Å². The molecule has 2 fully saturated rings. The van der Waals surface area contributed by atoms with Crippen molar-refractivity contribution in [2.75, 3.05) is 30.4 Å². The minimum Gasteiger partial charge on any atom is -0.423 e. The number of halogens is 1. The lowest BCUT2D eigenvalue weighted by atomic mass is 10.0. The van der Waals surface area contributed by atoms with Crippen LogP contribution in [0.15, 0.2) is 30.7 Å². The Morgan fingerprint density at radius 2 is 2.03 bits per heavy atom. The maximum Gasteiger partial charge on any atom is 0.324 e. The number of nitrogens with one attached hydrogen (secondary N) is 2. The van der Waals surface area contributed by atoms with Crippen molar-refractivity contribution in [1.29, 1.82) is 0 Å². The predicted octanol–water partition coefficient (Wildman–Crippen LogP) is 2.69. The molecule has 4 aromatic rings. The molecule has 33 heavy (non-hydrogen) atoms. The van der Waals surface area contributed by atoms with E-state index in [0.29, 0.717) is 29.7 Å². The first kappa shape index (κ1) is 18.8. The first-order chi connectivity index (χ1) is 16.1. The highest BCUT2D eigenvalue weighted by Crippen LogP contribution is 2.50. The third-order valence-electron chi connectivity index (χ3n) is 7.06. The average Bonchev–Trinajstić information content (AvgIpc) is 3.29. The lowest BCUT2D eigenvalue weighted by Gasteiger charge is -2.23. The Morgan fingerprint density at radius 3 is 2.85 bits per heavy atom. The van der Waals surface area contributed by atoms with Crippen molar-refractivity contribution in [3.63, 3.8) is 0 Å². The Morgan fingerprint density at radius 1 is 1.18 bits per heavy atom. The van der Waals surface area contributed by atoms with Gasteiger partial charge in [0.25, 0.3) is 0 Å². The van der Waals surface area contributed by atoms with Gasteiger partial charge in [-0.3, -0.25) is 0 Å². The topological polar surface area (TPSA) is 118 Å². The predicted molar refractivity (Wildman–Crippen MR) is 121 cm³/mol. The number of fused-ring (bicyclic) bond motifs is 5. The molecule has 10 heteroatoms. The third kappa shape index (κ3) is 2.80. The zero-order valence-corrected chi connectivity index (χ0v) is 17.8. The zero-order chi connectivity index (χ0) is 22.3. The number of nitrogens with two attached hydrogens (primary N) is 1. The van der Waals surface area contributed by atoms with Crippen molar-refractivity contribution in [2.24, 2.45) is 17.6 Å². The molecule has 2 aliphatic carbocycles. The van der Waals surface area contributed by atoms with Gasteiger partial charge in [0, 0.05) is 49.9 Å². The van der Waals surface area contributed by atoms with Gasteiger partial charge in [-0.25, -0.2) is 14.4 Å². The van der Waals surface area contributed by atoms with E-state index in [1.807, 2.05) is 6.07 Å². The minimum absolute atomic E-state index is 0.244. The van der Waals surface area contributed by atoms with E-state index >= 15 is 0 Å². The SMILES string of the molecule is CNc1cc(F)cc2c1Cc1nc(Oc3cnc4nc[nH]c4c3)nc(N3CC4C(N)C4C3)c1-2. The van der Waals surface area contributed by atoms with Gasteiger partial charge in [-0.05, 0) is 35.1 Å². The molecule has 2 unspecified atom stereocenters. The lowest BCUT2D eigenvalue weighted by molar-refractivity contribution is 0.439. The van der Waals surface area contributed by atoms with Gasteiger partial charge in [0.2, 0.25) is 0 Å². The summed E-state index contributed by atoms with van der Waals surface area (Å²) in [5.41, 5.74) is 11.9. The van der Waals surface area contributed by atoms with Gasteiger partial charge in [-0.2, -0.15) is 9.97 Å². The molecule has 0 spiro atoms. The molecule has 1 aromatic carbocycles. The summed E-state index contributed by atoms with van der Waals surface area (Å²) >= 11 is 0. The number of pyridine rings is 1. The number of aromatic amines is 1. The van der Waals surface area contributed by atoms with Crippen LogP contribution in [0.4, 0.5) is 15.9 Å². The summed E-state index contributed by atoms with van der Waals surface area (Å²) in [5, 5.41) is 3.11. The zero-order valence-electron chi connectivity index (χ0n) is 17.8. The summed E-state index contributed by atoms with van der Waals surface area (Å²) < 4.78 is 20.5. The molecule has 4 heterocycles. The largest absolute Gasteiger partial charge is 0.423 e. The number of benzene rings is 1. The van der Waals surface area contributed by atoms with Crippen LogP contribution in [-0.4, -0.2) is 51.1 Å². The number of anilines is 2. The minimum atomic E-state index is -0.289. The van der Waals surface area contributed by atoms with E-state index in [4.69, 9.17) is 20.4 Å². The van der Waals surface area contributed by atoms with Crippen molar-refractivity contribution in [2.45, 2.75) is 12.5 Å². The molecule has 9 nitrogen and oxygen atoms in total. The number of nitrogens with zero attached hydrogens (tertiary/aromatic N) is 5. The number of H-pyrrole nitrogens is 1. The third-order valence-corrected chi connectivity index (χ3v) is 7.06. The summed E-state index contributed by atoms with van der Waals surface area (Å²) in [6, 6.07) is 5.42. The van der Waals surface area contributed by atoms with Crippen molar-refractivity contribution in [3.05, 3.63) is 47.8 Å². The van der Waals surface area contributed by atoms with E-state index in [9.17, 15) is 4.39 Å². The lowest BCUT2D eigenvalue weighted by Crippen LogP contribution is -2.29. The summed E-state index contributed by atoms with van der Waals surface area (Å²) in [5.74, 6) is 1.96. The highest BCUT2D eigenvalue weighted by Gasteiger charge is 2.54. The van der Waals surface area contributed by atoms with Crippen molar-refractivity contribution in [3.8, 4) is 22.9 Å². The number of ether oxygens (including phenoxy) is 1. The second-order valence-electron chi connectivity index (χ2n) is 8.91. The molecule has 7 rings (SSSR count).